The first-order valence-corrected chi connectivity index (χ1v) is 3.43. The number of aromatic amines is 1. The van der Waals surface area contributed by atoms with E-state index in [9.17, 15) is 9.59 Å². The molecule has 0 aliphatic rings. The van der Waals surface area contributed by atoms with Crippen molar-refractivity contribution in [2.45, 2.75) is 6.92 Å². The van der Waals surface area contributed by atoms with Crippen LogP contribution in [0.1, 0.15) is 17.3 Å². The summed E-state index contributed by atoms with van der Waals surface area (Å²) < 4.78 is 4.76. The van der Waals surface area contributed by atoms with E-state index in [1.165, 1.54) is 26.3 Å². The summed E-state index contributed by atoms with van der Waals surface area (Å²) in [4.78, 5) is 24.6. The highest BCUT2D eigenvalue weighted by molar-refractivity contribution is 5.93. The first kappa shape index (κ1) is 8.52. The fourth-order valence-electron chi connectivity index (χ4n) is 0.846. The third kappa shape index (κ3) is 1.53. The smallest absolute Gasteiger partial charge is 0.196 e. The highest BCUT2D eigenvalue weighted by atomic mass is 16.5. The zero-order chi connectivity index (χ0) is 9.14. The lowest BCUT2D eigenvalue weighted by Gasteiger charge is -1.98. The van der Waals surface area contributed by atoms with Crippen molar-refractivity contribution < 1.29 is 9.53 Å². The molecule has 4 nitrogen and oxygen atoms in total. The van der Waals surface area contributed by atoms with Crippen LogP contribution < -0.4 is 10.2 Å². The minimum absolute atomic E-state index is 0.149. The fourth-order valence-corrected chi connectivity index (χ4v) is 0.846. The largest absolute Gasteiger partial charge is 0.482 e. The van der Waals surface area contributed by atoms with Crippen LogP contribution in [-0.4, -0.2) is 17.9 Å². The summed E-state index contributed by atoms with van der Waals surface area (Å²) in [5.41, 5.74) is -0.172. The average molecular weight is 167 g/mol. The zero-order valence-corrected chi connectivity index (χ0v) is 6.88. The van der Waals surface area contributed by atoms with E-state index < -0.39 is 0 Å². The van der Waals surface area contributed by atoms with E-state index >= 15 is 0 Å². The minimum Gasteiger partial charge on any atom is -0.482 e. The molecule has 64 valence electrons. The van der Waals surface area contributed by atoms with Crippen LogP contribution >= 0.6 is 0 Å². The van der Waals surface area contributed by atoms with Crippen LogP contribution in [0.3, 0.4) is 0 Å². The van der Waals surface area contributed by atoms with Gasteiger partial charge in [0.15, 0.2) is 17.1 Å². The number of pyridine rings is 1. The maximum absolute atomic E-state index is 11.1. The van der Waals surface area contributed by atoms with Crippen LogP contribution in [0.5, 0.6) is 5.88 Å². The highest BCUT2D eigenvalue weighted by Crippen LogP contribution is 2.00. The van der Waals surface area contributed by atoms with Gasteiger partial charge in [-0.3, -0.25) is 9.59 Å². The Morgan fingerprint density at radius 2 is 2.25 bits per heavy atom. The van der Waals surface area contributed by atoms with Gasteiger partial charge in [0, 0.05) is 12.3 Å². The molecular weight excluding hydrogens is 158 g/mol. The molecule has 0 aliphatic heterocycles. The summed E-state index contributed by atoms with van der Waals surface area (Å²) in [5, 5.41) is 0. The summed E-state index contributed by atoms with van der Waals surface area (Å²) in [5.74, 6) is 0.101. The van der Waals surface area contributed by atoms with Crippen LogP contribution in [0.2, 0.25) is 0 Å². The molecule has 0 saturated carbocycles. The van der Waals surface area contributed by atoms with Crippen molar-refractivity contribution in [3.05, 3.63) is 28.0 Å². The van der Waals surface area contributed by atoms with E-state index in [4.69, 9.17) is 4.74 Å². The first-order chi connectivity index (χ1) is 5.65. The number of nitrogens with one attached hydrogen (secondary N) is 1. The zero-order valence-electron chi connectivity index (χ0n) is 6.88. The number of ether oxygens (including phenoxy) is 1. The van der Waals surface area contributed by atoms with Crippen molar-refractivity contribution in [3.8, 4) is 5.88 Å². The number of hydrogen-bond donors (Lipinski definition) is 1. The first-order valence-electron chi connectivity index (χ1n) is 3.43. The van der Waals surface area contributed by atoms with Gasteiger partial charge in [-0.15, -0.1) is 0 Å². The van der Waals surface area contributed by atoms with Crippen molar-refractivity contribution >= 4 is 5.78 Å². The third-order valence-corrected chi connectivity index (χ3v) is 1.49. The SMILES string of the molecule is COc1cc(=O)c(C(C)=O)c[nH]1. The molecule has 1 N–H and O–H groups in total. The summed E-state index contributed by atoms with van der Waals surface area (Å²) >= 11 is 0. The Morgan fingerprint density at radius 3 is 2.67 bits per heavy atom. The van der Waals surface area contributed by atoms with Crippen LogP contribution in [0.4, 0.5) is 0 Å². The van der Waals surface area contributed by atoms with Crippen molar-refractivity contribution in [1.29, 1.82) is 0 Å². The number of carbonyl (C=O) groups is 1. The number of hydrogen-bond acceptors (Lipinski definition) is 3. The maximum Gasteiger partial charge on any atom is 0.196 e. The molecule has 1 aromatic rings. The lowest BCUT2D eigenvalue weighted by atomic mass is 10.2. The summed E-state index contributed by atoms with van der Waals surface area (Å²) in [6, 6.07) is 1.25. The molecule has 0 aromatic carbocycles. The summed E-state index contributed by atoms with van der Waals surface area (Å²) in [7, 11) is 1.44. The normalized spacial score (nSPS) is 9.50. The van der Waals surface area contributed by atoms with Gasteiger partial charge in [0.1, 0.15) is 0 Å². The van der Waals surface area contributed by atoms with E-state index in [0.717, 1.165) is 0 Å². The second-order valence-corrected chi connectivity index (χ2v) is 2.34. The number of Topliss-reactive ketones (excluding diaryl/α,β-unsaturated/α-hetero) is 1. The molecule has 0 bridgehead atoms. The Morgan fingerprint density at radius 1 is 1.58 bits per heavy atom. The quantitative estimate of drug-likeness (QED) is 0.655. The number of H-pyrrole nitrogens is 1. The summed E-state index contributed by atoms with van der Waals surface area (Å²) in [6.07, 6.45) is 1.35. The number of ketones is 1. The number of rotatable bonds is 2. The molecule has 1 aromatic heterocycles. The molecule has 0 aliphatic carbocycles. The number of aromatic nitrogens is 1. The molecule has 12 heavy (non-hydrogen) atoms. The lowest BCUT2D eigenvalue weighted by molar-refractivity contribution is 0.101. The third-order valence-electron chi connectivity index (χ3n) is 1.49. The molecule has 0 unspecified atom stereocenters. The van der Waals surface area contributed by atoms with Gasteiger partial charge < -0.3 is 9.72 Å². The van der Waals surface area contributed by atoms with E-state index in [2.05, 4.69) is 4.98 Å². The molecule has 0 radical (unpaired) electrons. The van der Waals surface area contributed by atoms with Gasteiger partial charge in [0.25, 0.3) is 0 Å². The Balaban J connectivity index is 3.21. The molecule has 0 atom stereocenters. The monoisotopic (exact) mass is 167 g/mol. The minimum atomic E-state index is -0.321. The Labute approximate surface area is 69.2 Å². The average Bonchev–Trinajstić information content (AvgIpc) is 2.03. The van der Waals surface area contributed by atoms with Crippen LogP contribution in [0.15, 0.2) is 17.1 Å². The maximum atomic E-state index is 11.1. The van der Waals surface area contributed by atoms with Gasteiger partial charge in [-0.05, 0) is 6.92 Å². The van der Waals surface area contributed by atoms with Crippen LogP contribution in [0.25, 0.3) is 0 Å². The van der Waals surface area contributed by atoms with Gasteiger partial charge in [-0.2, -0.15) is 0 Å². The summed E-state index contributed by atoms with van der Waals surface area (Å²) in [6.45, 7) is 1.34. The van der Waals surface area contributed by atoms with Crippen molar-refractivity contribution in [2.24, 2.45) is 0 Å². The second-order valence-electron chi connectivity index (χ2n) is 2.34. The molecule has 0 saturated heterocycles. The molecule has 1 rings (SSSR count). The standard InChI is InChI=1S/C8H9NO3/c1-5(10)6-4-9-8(12-2)3-7(6)11/h3-4H,1-2H3,(H,9,11). The molecular formula is C8H9NO3. The fraction of sp³-hybridized carbons (Fsp3) is 0.250. The highest BCUT2D eigenvalue weighted by Gasteiger charge is 2.04. The topological polar surface area (TPSA) is 59.2 Å². The van der Waals surface area contributed by atoms with Crippen LogP contribution in [0, 0.1) is 0 Å². The van der Waals surface area contributed by atoms with Gasteiger partial charge in [-0.25, -0.2) is 0 Å². The van der Waals surface area contributed by atoms with Gasteiger partial charge in [0.05, 0.1) is 12.7 Å². The van der Waals surface area contributed by atoms with E-state index in [1.54, 1.807) is 0 Å². The molecule has 4 heteroatoms. The van der Waals surface area contributed by atoms with Crippen molar-refractivity contribution in [1.82, 2.24) is 4.98 Å². The second kappa shape index (κ2) is 3.21. The number of methoxy groups -OCH3 is 1. The molecule has 0 fully saturated rings. The van der Waals surface area contributed by atoms with E-state index in [0.29, 0.717) is 5.88 Å². The lowest BCUT2D eigenvalue weighted by Crippen LogP contribution is -2.12. The van der Waals surface area contributed by atoms with E-state index in [-0.39, 0.29) is 16.8 Å². The van der Waals surface area contributed by atoms with Crippen molar-refractivity contribution in [3.63, 3.8) is 0 Å². The molecule has 0 amide bonds. The van der Waals surface area contributed by atoms with Gasteiger partial charge in [-0.1, -0.05) is 0 Å². The van der Waals surface area contributed by atoms with Gasteiger partial charge in [0.2, 0.25) is 0 Å². The van der Waals surface area contributed by atoms with Gasteiger partial charge >= 0.3 is 0 Å². The Kier molecular flexibility index (Phi) is 2.28. The van der Waals surface area contributed by atoms with Crippen LogP contribution in [-0.2, 0) is 0 Å². The predicted molar refractivity (Wildman–Crippen MR) is 43.6 cm³/mol. The molecule has 0 spiro atoms. The Hall–Kier alpha value is -1.58. The van der Waals surface area contributed by atoms with Crippen molar-refractivity contribution in [2.75, 3.05) is 7.11 Å². The predicted octanol–water partition coefficient (Wildman–Crippen LogP) is 0.586. The van der Waals surface area contributed by atoms with E-state index in [1.807, 2.05) is 0 Å². The Bertz CT molecular complexity index is 354. The molecule has 1 heterocycles. The number of carbonyl (C=O) groups excluding carboxylic acids is 1.